The van der Waals surface area contributed by atoms with Crippen molar-refractivity contribution in [2.24, 2.45) is 0 Å². The average molecular weight is 284 g/mol. The van der Waals surface area contributed by atoms with E-state index >= 15 is 0 Å². The molecule has 0 aliphatic carbocycles. The number of benzene rings is 2. The molecule has 0 N–H and O–H groups in total. The highest BCUT2D eigenvalue weighted by Gasteiger charge is 2.22. The fourth-order valence-electron chi connectivity index (χ4n) is 2.49. The first kappa shape index (κ1) is 13.6. The quantitative estimate of drug-likeness (QED) is 0.789. The van der Waals surface area contributed by atoms with Crippen molar-refractivity contribution in [2.45, 2.75) is 36.3 Å². The van der Waals surface area contributed by atoms with Crippen LogP contribution in [0.1, 0.15) is 30.9 Å². The number of fused-ring (bicyclic) bond motifs is 1. The van der Waals surface area contributed by atoms with E-state index in [1.807, 2.05) is 11.8 Å². The van der Waals surface area contributed by atoms with Crippen molar-refractivity contribution in [3.05, 3.63) is 59.7 Å². The molecule has 1 atom stereocenters. The van der Waals surface area contributed by atoms with Gasteiger partial charge in [0.05, 0.1) is 0 Å². The third kappa shape index (κ3) is 3.01. The van der Waals surface area contributed by atoms with Crippen LogP contribution in [-0.2, 0) is 6.42 Å². The van der Waals surface area contributed by atoms with E-state index in [9.17, 15) is 0 Å². The topological polar surface area (TPSA) is 9.23 Å². The average Bonchev–Trinajstić information content (AvgIpc) is 2.88. The zero-order valence-corrected chi connectivity index (χ0v) is 12.8. The Hall–Kier alpha value is -1.41. The maximum Gasteiger partial charge on any atom is 0.119 e. The van der Waals surface area contributed by atoms with E-state index < -0.39 is 0 Å². The molecule has 0 amide bonds. The van der Waals surface area contributed by atoms with Gasteiger partial charge in [0.15, 0.2) is 0 Å². The van der Waals surface area contributed by atoms with Crippen molar-refractivity contribution in [2.75, 3.05) is 6.61 Å². The van der Waals surface area contributed by atoms with Crippen molar-refractivity contribution in [1.82, 2.24) is 0 Å². The Bertz CT molecular complexity index is 549. The summed E-state index contributed by atoms with van der Waals surface area (Å²) in [7, 11) is 0. The summed E-state index contributed by atoms with van der Waals surface area (Å²) >= 11 is 1.94. The molecule has 1 unspecified atom stereocenters. The lowest BCUT2D eigenvalue weighted by Crippen LogP contribution is -2.13. The highest BCUT2D eigenvalue weighted by molar-refractivity contribution is 8.00. The van der Waals surface area contributed by atoms with Crippen LogP contribution < -0.4 is 4.74 Å². The van der Waals surface area contributed by atoms with Crippen LogP contribution in [0.5, 0.6) is 5.75 Å². The normalized spacial score (nSPS) is 17.2. The van der Waals surface area contributed by atoms with Crippen LogP contribution in [0.3, 0.4) is 0 Å². The number of rotatable bonds is 4. The Morgan fingerprint density at radius 3 is 2.55 bits per heavy atom. The first-order chi connectivity index (χ1) is 9.72. The summed E-state index contributed by atoms with van der Waals surface area (Å²) in [4.78, 5) is 1.41. The maximum absolute atomic E-state index is 5.94. The Balaban J connectivity index is 1.56. The lowest BCUT2D eigenvalue weighted by atomic mass is 10.0. The summed E-state index contributed by atoms with van der Waals surface area (Å²) in [5, 5.41) is 0.539. The molecular formula is C18H20OS. The first-order valence-corrected chi connectivity index (χ1v) is 8.07. The van der Waals surface area contributed by atoms with Gasteiger partial charge in [0, 0.05) is 10.1 Å². The molecule has 0 radical (unpaired) electrons. The second-order valence-corrected chi connectivity index (χ2v) is 6.93. The lowest BCUT2D eigenvalue weighted by Gasteiger charge is -2.12. The number of ether oxygens (including phenoxy) is 1. The SMILES string of the molecule is CC(C)c1ccc(OCC2Cc3ccccc3S2)cc1. The smallest absolute Gasteiger partial charge is 0.119 e. The van der Waals surface area contributed by atoms with Crippen LogP contribution in [0.4, 0.5) is 0 Å². The minimum Gasteiger partial charge on any atom is -0.492 e. The summed E-state index contributed by atoms with van der Waals surface area (Å²) in [6.07, 6.45) is 1.12. The van der Waals surface area contributed by atoms with Crippen LogP contribution in [0, 0.1) is 0 Å². The largest absolute Gasteiger partial charge is 0.492 e. The molecule has 2 heteroatoms. The third-order valence-corrected chi connectivity index (χ3v) is 4.98. The molecule has 0 aromatic heterocycles. The predicted molar refractivity (Wildman–Crippen MR) is 85.8 cm³/mol. The molecule has 3 rings (SSSR count). The van der Waals surface area contributed by atoms with Gasteiger partial charge in [-0.3, -0.25) is 0 Å². The molecule has 2 aromatic rings. The third-order valence-electron chi connectivity index (χ3n) is 3.70. The molecule has 0 spiro atoms. The monoisotopic (exact) mass is 284 g/mol. The Morgan fingerprint density at radius 2 is 1.85 bits per heavy atom. The molecule has 0 fully saturated rings. The van der Waals surface area contributed by atoms with E-state index in [-0.39, 0.29) is 0 Å². The zero-order chi connectivity index (χ0) is 13.9. The number of thioether (sulfide) groups is 1. The van der Waals surface area contributed by atoms with Crippen LogP contribution in [0.2, 0.25) is 0 Å². The van der Waals surface area contributed by atoms with Gasteiger partial charge in [-0.2, -0.15) is 0 Å². The van der Waals surface area contributed by atoms with Crippen LogP contribution >= 0.6 is 11.8 Å². The van der Waals surface area contributed by atoms with Crippen molar-refractivity contribution >= 4 is 11.8 Å². The molecule has 20 heavy (non-hydrogen) atoms. The summed E-state index contributed by atoms with van der Waals surface area (Å²) in [6, 6.07) is 17.2. The van der Waals surface area contributed by atoms with Crippen LogP contribution in [0.25, 0.3) is 0 Å². The Morgan fingerprint density at radius 1 is 1.10 bits per heavy atom. The van der Waals surface area contributed by atoms with E-state index in [4.69, 9.17) is 4.74 Å². The Labute approximate surface area is 125 Å². The predicted octanol–water partition coefficient (Wildman–Crippen LogP) is 4.91. The molecule has 2 aromatic carbocycles. The fourth-order valence-corrected chi connectivity index (χ4v) is 3.70. The maximum atomic E-state index is 5.94. The fraction of sp³-hybridized carbons (Fsp3) is 0.333. The van der Waals surface area contributed by atoms with E-state index in [0.717, 1.165) is 18.8 Å². The highest BCUT2D eigenvalue weighted by Crippen LogP contribution is 2.36. The molecule has 1 aliphatic rings. The van der Waals surface area contributed by atoms with Gasteiger partial charge in [-0.1, -0.05) is 44.2 Å². The van der Waals surface area contributed by atoms with Crippen molar-refractivity contribution < 1.29 is 4.74 Å². The summed E-state index contributed by atoms with van der Waals surface area (Å²) < 4.78 is 5.94. The molecule has 0 saturated carbocycles. The number of hydrogen-bond acceptors (Lipinski definition) is 2. The van der Waals surface area contributed by atoms with E-state index in [1.54, 1.807) is 0 Å². The van der Waals surface area contributed by atoms with E-state index in [0.29, 0.717) is 11.2 Å². The van der Waals surface area contributed by atoms with E-state index in [2.05, 4.69) is 62.4 Å². The van der Waals surface area contributed by atoms with Gasteiger partial charge in [0.1, 0.15) is 12.4 Å². The van der Waals surface area contributed by atoms with Crippen molar-refractivity contribution in [3.8, 4) is 5.75 Å². The van der Waals surface area contributed by atoms with Crippen molar-refractivity contribution in [1.29, 1.82) is 0 Å². The van der Waals surface area contributed by atoms with Crippen molar-refractivity contribution in [3.63, 3.8) is 0 Å². The second-order valence-electron chi connectivity index (χ2n) is 5.59. The molecule has 1 aliphatic heterocycles. The van der Waals surface area contributed by atoms with Gasteiger partial charge in [-0.15, -0.1) is 11.8 Å². The van der Waals surface area contributed by atoms with Gasteiger partial charge in [-0.25, -0.2) is 0 Å². The Kier molecular flexibility index (Phi) is 4.02. The lowest BCUT2D eigenvalue weighted by molar-refractivity contribution is 0.317. The molecule has 104 valence electrons. The van der Waals surface area contributed by atoms with Gasteiger partial charge < -0.3 is 4.74 Å². The van der Waals surface area contributed by atoms with Gasteiger partial charge in [0.2, 0.25) is 0 Å². The summed E-state index contributed by atoms with van der Waals surface area (Å²) in [5.41, 5.74) is 2.82. The molecule has 0 saturated heterocycles. The second kappa shape index (κ2) is 5.92. The summed E-state index contributed by atoms with van der Waals surface area (Å²) in [6.45, 7) is 5.20. The van der Waals surface area contributed by atoms with Crippen LogP contribution in [0.15, 0.2) is 53.4 Å². The summed E-state index contributed by atoms with van der Waals surface area (Å²) in [5.74, 6) is 1.55. The number of hydrogen-bond donors (Lipinski definition) is 0. The minimum absolute atomic E-state index is 0.539. The molecule has 1 heterocycles. The molecule has 0 bridgehead atoms. The van der Waals surface area contributed by atoms with E-state index in [1.165, 1.54) is 16.0 Å². The van der Waals surface area contributed by atoms with Gasteiger partial charge >= 0.3 is 0 Å². The molecular weight excluding hydrogens is 264 g/mol. The highest BCUT2D eigenvalue weighted by atomic mass is 32.2. The van der Waals surface area contributed by atoms with Gasteiger partial charge in [-0.05, 0) is 41.7 Å². The molecule has 1 nitrogen and oxygen atoms in total. The zero-order valence-electron chi connectivity index (χ0n) is 12.0. The standard InChI is InChI=1S/C18H20OS/c1-13(2)14-7-9-16(10-8-14)19-12-17-11-15-5-3-4-6-18(15)20-17/h3-10,13,17H,11-12H2,1-2H3. The van der Waals surface area contributed by atoms with Gasteiger partial charge in [0.25, 0.3) is 0 Å². The minimum atomic E-state index is 0.539. The first-order valence-electron chi connectivity index (χ1n) is 7.19. The van der Waals surface area contributed by atoms with Crippen LogP contribution in [-0.4, -0.2) is 11.9 Å².